The molecule has 0 aliphatic carbocycles. The highest BCUT2D eigenvalue weighted by Crippen LogP contribution is 2.33. The first-order chi connectivity index (χ1) is 10.1. The molecule has 0 aromatic heterocycles. The van der Waals surface area contributed by atoms with Gasteiger partial charge in [-0.05, 0) is 31.9 Å². The summed E-state index contributed by atoms with van der Waals surface area (Å²) >= 11 is 5.21. The van der Waals surface area contributed by atoms with E-state index in [9.17, 15) is 0 Å². The average Bonchev–Trinajstić information content (AvgIpc) is 2.92. The molecule has 2 saturated heterocycles. The lowest BCUT2D eigenvalue weighted by molar-refractivity contribution is 0.0292. The first-order valence-corrected chi connectivity index (χ1v) is 8.39. The molecule has 21 heavy (non-hydrogen) atoms. The third-order valence-corrected chi connectivity index (χ3v) is 5.13. The van der Waals surface area contributed by atoms with Gasteiger partial charge in [-0.3, -0.25) is 9.80 Å². The number of hydrogen-bond donors (Lipinski definition) is 1. The molecule has 3 atom stereocenters. The Morgan fingerprint density at radius 2 is 2.10 bits per heavy atom. The molecule has 3 nitrogen and oxygen atoms in total. The van der Waals surface area contributed by atoms with E-state index >= 15 is 0 Å². The van der Waals surface area contributed by atoms with Gasteiger partial charge in [0, 0.05) is 37.6 Å². The maximum absolute atomic E-state index is 5.88. The van der Waals surface area contributed by atoms with Crippen molar-refractivity contribution in [2.75, 3.05) is 19.6 Å². The molecule has 4 heteroatoms. The Morgan fingerprint density at radius 1 is 1.33 bits per heavy atom. The summed E-state index contributed by atoms with van der Waals surface area (Å²) in [7, 11) is 0. The molecular formula is C17H25N3S. The van der Waals surface area contributed by atoms with Crippen LogP contribution < -0.4 is 5.73 Å². The topological polar surface area (TPSA) is 32.5 Å². The van der Waals surface area contributed by atoms with Crippen LogP contribution in [-0.4, -0.2) is 46.5 Å². The monoisotopic (exact) mass is 303 g/mol. The van der Waals surface area contributed by atoms with Crippen molar-refractivity contribution in [3.05, 3.63) is 35.9 Å². The highest BCUT2D eigenvalue weighted by Gasteiger charge is 2.37. The van der Waals surface area contributed by atoms with E-state index in [0.717, 1.165) is 19.0 Å². The van der Waals surface area contributed by atoms with Gasteiger partial charge in [0.05, 0.1) is 4.99 Å². The van der Waals surface area contributed by atoms with E-state index in [4.69, 9.17) is 18.0 Å². The van der Waals surface area contributed by atoms with Crippen LogP contribution in [0.3, 0.4) is 0 Å². The molecule has 0 saturated carbocycles. The van der Waals surface area contributed by atoms with Gasteiger partial charge >= 0.3 is 0 Å². The fraction of sp³-hybridized carbons (Fsp3) is 0.588. The minimum Gasteiger partial charge on any atom is -0.393 e. The Balaban J connectivity index is 1.83. The Bertz CT molecular complexity index is 490. The van der Waals surface area contributed by atoms with E-state index in [1.165, 1.54) is 31.5 Å². The fourth-order valence-corrected chi connectivity index (χ4v) is 4.09. The van der Waals surface area contributed by atoms with Crippen molar-refractivity contribution in [1.82, 2.24) is 9.80 Å². The second kappa shape index (κ2) is 6.42. The lowest BCUT2D eigenvalue weighted by atomic mass is 9.97. The molecule has 2 heterocycles. The number of nitrogens with two attached hydrogens (primary N) is 1. The summed E-state index contributed by atoms with van der Waals surface area (Å²) in [4.78, 5) is 5.90. The Labute approximate surface area is 133 Å². The van der Waals surface area contributed by atoms with Crippen molar-refractivity contribution in [1.29, 1.82) is 0 Å². The van der Waals surface area contributed by atoms with E-state index in [-0.39, 0.29) is 0 Å². The zero-order chi connectivity index (χ0) is 14.8. The number of fused-ring (bicyclic) bond motifs is 1. The maximum atomic E-state index is 5.88. The van der Waals surface area contributed by atoms with Crippen LogP contribution in [0.5, 0.6) is 0 Å². The summed E-state index contributed by atoms with van der Waals surface area (Å²) in [5, 5.41) is 0. The molecule has 2 aliphatic rings. The van der Waals surface area contributed by atoms with Gasteiger partial charge < -0.3 is 5.73 Å². The van der Waals surface area contributed by atoms with Crippen LogP contribution in [0.1, 0.15) is 37.8 Å². The molecule has 2 fully saturated rings. The minimum absolute atomic E-state index is 0.321. The first kappa shape index (κ1) is 14.9. The van der Waals surface area contributed by atoms with Crippen LogP contribution in [0.15, 0.2) is 30.3 Å². The van der Waals surface area contributed by atoms with Gasteiger partial charge in [-0.2, -0.15) is 0 Å². The zero-order valence-electron chi connectivity index (χ0n) is 12.7. The van der Waals surface area contributed by atoms with E-state index in [1.54, 1.807) is 0 Å². The number of benzene rings is 1. The van der Waals surface area contributed by atoms with Crippen LogP contribution in [0.25, 0.3) is 0 Å². The van der Waals surface area contributed by atoms with Crippen molar-refractivity contribution < 1.29 is 0 Å². The number of nitrogens with zero attached hydrogens (tertiary/aromatic N) is 2. The van der Waals surface area contributed by atoms with Crippen molar-refractivity contribution in [2.45, 2.75) is 44.3 Å². The molecule has 1 aromatic carbocycles. The summed E-state index contributed by atoms with van der Waals surface area (Å²) in [6.07, 6.45) is 3.45. The lowest BCUT2D eigenvalue weighted by Crippen LogP contribution is -2.56. The van der Waals surface area contributed by atoms with Crippen molar-refractivity contribution >= 4 is 17.2 Å². The van der Waals surface area contributed by atoms with Crippen LogP contribution in [0.4, 0.5) is 0 Å². The quantitative estimate of drug-likeness (QED) is 0.867. The van der Waals surface area contributed by atoms with Crippen molar-refractivity contribution in [2.24, 2.45) is 5.73 Å². The van der Waals surface area contributed by atoms with Gasteiger partial charge in [0.2, 0.25) is 0 Å². The van der Waals surface area contributed by atoms with E-state index in [0.29, 0.717) is 17.1 Å². The van der Waals surface area contributed by atoms with Gasteiger partial charge in [0.1, 0.15) is 0 Å². The number of thiocarbonyl (C=S) groups is 1. The molecule has 2 N–H and O–H groups in total. The maximum Gasteiger partial charge on any atom is 0.0746 e. The standard InChI is InChI=1S/C17H25N3S/c1-13-11-19-9-5-8-15(19)12-20(13)16(10-17(18)21)14-6-3-2-4-7-14/h2-4,6-7,13,15-16H,5,8-12H2,1H3,(H2,18,21). The van der Waals surface area contributed by atoms with E-state index < -0.39 is 0 Å². The summed E-state index contributed by atoms with van der Waals surface area (Å²) in [6, 6.07) is 12.3. The molecular weight excluding hydrogens is 278 g/mol. The predicted octanol–water partition coefficient (Wildman–Crippen LogP) is 2.57. The number of rotatable bonds is 4. The summed E-state index contributed by atoms with van der Waals surface area (Å²) in [5.74, 6) is 0. The van der Waals surface area contributed by atoms with Crippen LogP contribution >= 0.6 is 12.2 Å². The fourth-order valence-electron chi connectivity index (χ4n) is 3.94. The molecule has 0 radical (unpaired) electrons. The molecule has 0 amide bonds. The Hall–Kier alpha value is -0.970. The van der Waals surface area contributed by atoms with E-state index in [1.807, 2.05) is 0 Å². The van der Waals surface area contributed by atoms with Gasteiger partial charge in [-0.25, -0.2) is 0 Å². The molecule has 0 spiro atoms. The first-order valence-electron chi connectivity index (χ1n) is 7.98. The zero-order valence-corrected chi connectivity index (χ0v) is 13.6. The van der Waals surface area contributed by atoms with Gasteiger partial charge in [0.25, 0.3) is 0 Å². The molecule has 3 rings (SSSR count). The largest absolute Gasteiger partial charge is 0.393 e. The smallest absolute Gasteiger partial charge is 0.0746 e. The summed E-state index contributed by atoms with van der Waals surface area (Å²) in [6.45, 7) is 5.92. The van der Waals surface area contributed by atoms with Crippen LogP contribution in [-0.2, 0) is 0 Å². The van der Waals surface area contributed by atoms with Crippen LogP contribution in [0.2, 0.25) is 0 Å². The molecule has 114 valence electrons. The SMILES string of the molecule is CC1CN2CCCC2CN1C(CC(N)=S)c1ccccc1. The molecule has 2 aliphatic heterocycles. The number of piperazine rings is 1. The minimum atomic E-state index is 0.321. The third kappa shape index (κ3) is 3.28. The predicted molar refractivity (Wildman–Crippen MR) is 91.3 cm³/mol. The number of hydrogen-bond acceptors (Lipinski definition) is 3. The van der Waals surface area contributed by atoms with E-state index in [2.05, 4.69) is 47.1 Å². The second-order valence-electron chi connectivity index (χ2n) is 6.43. The van der Waals surface area contributed by atoms with Gasteiger partial charge in [-0.15, -0.1) is 0 Å². The Morgan fingerprint density at radius 3 is 2.81 bits per heavy atom. The summed E-state index contributed by atoms with van der Waals surface area (Å²) in [5.41, 5.74) is 7.22. The highest BCUT2D eigenvalue weighted by molar-refractivity contribution is 7.80. The van der Waals surface area contributed by atoms with Gasteiger partial charge in [-0.1, -0.05) is 42.5 Å². The highest BCUT2D eigenvalue weighted by atomic mass is 32.1. The Kier molecular flexibility index (Phi) is 4.57. The van der Waals surface area contributed by atoms with Crippen molar-refractivity contribution in [3.63, 3.8) is 0 Å². The van der Waals surface area contributed by atoms with Crippen LogP contribution in [0, 0.1) is 0 Å². The second-order valence-corrected chi connectivity index (χ2v) is 6.96. The normalized spacial score (nSPS) is 28.2. The van der Waals surface area contributed by atoms with Crippen molar-refractivity contribution in [3.8, 4) is 0 Å². The third-order valence-electron chi connectivity index (χ3n) is 4.96. The molecule has 1 aromatic rings. The molecule has 0 bridgehead atoms. The summed E-state index contributed by atoms with van der Waals surface area (Å²) < 4.78 is 0. The lowest BCUT2D eigenvalue weighted by Gasteiger charge is -2.46. The van der Waals surface area contributed by atoms with Gasteiger partial charge in [0.15, 0.2) is 0 Å². The molecule has 3 unspecified atom stereocenters. The average molecular weight is 303 g/mol.